The molecule has 0 aromatic heterocycles. The summed E-state index contributed by atoms with van der Waals surface area (Å²) in [6.07, 6.45) is 1.67. The van der Waals surface area contributed by atoms with Crippen LogP contribution in [0.3, 0.4) is 0 Å². The minimum absolute atomic E-state index is 0.109. The molecule has 2 aliphatic rings. The third-order valence-corrected chi connectivity index (χ3v) is 6.46. The zero-order chi connectivity index (χ0) is 23.7. The molecular formula is C28H26N2O4. The summed E-state index contributed by atoms with van der Waals surface area (Å²) in [5, 5.41) is 0. The van der Waals surface area contributed by atoms with Gasteiger partial charge in [0, 0.05) is 25.8 Å². The van der Waals surface area contributed by atoms with Crippen molar-refractivity contribution in [3.63, 3.8) is 0 Å². The first-order valence-electron chi connectivity index (χ1n) is 11.5. The number of ether oxygens (including phenoxy) is 1. The van der Waals surface area contributed by atoms with Crippen LogP contribution in [0, 0.1) is 0 Å². The lowest BCUT2D eigenvalue weighted by molar-refractivity contribution is 0.0475. The van der Waals surface area contributed by atoms with E-state index in [9.17, 15) is 14.4 Å². The number of carbonyl (C=O) groups is 3. The summed E-state index contributed by atoms with van der Waals surface area (Å²) in [5.41, 5.74) is 4.29. The minimum Gasteiger partial charge on any atom is -0.376 e. The third kappa shape index (κ3) is 4.24. The average molecular weight is 455 g/mol. The van der Waals surface area contributed by atoms with Crippen LogP contribution in [0.25, 0.3) is 11.1 Å². The summed E-state index contributed by atoms with van der Waals surface area (Å²) in [5.74, 6) is -0.876. The Morgan fingerprint density at radius 2 is 1.65 bits per heavy atom. The van der Waals surface area contributed by atoms with Gasteiger partial charge in [-0.05, 0) is 47.7 Å². The normalized spacial score (nSPS) is 17.2. The molecule has 172 valence electrons. The zero-order valence-corrected chi connectivity index (χ0v) is 19.1. The minimum atomic E-state index is -0.357. The lowest BCUT2D eigenvalue weighted by Crippen LogP contribution is -2.36. The van der Waals surface area contributed by atoms with E-state index in [1.165, 1.54) is 4.90 Å². The molecule has 0 bridgehead atoms. The van der Waals surface area contributed by atoms with E-state index in [1.807, 2.05) is 42.5 Å². The summed E-state index contributed by atoms with van der Waals surface area (Å²) >= 11 is 0. The van der Waals surface area contributed by atoms with Crippen molar-refractivity contribution >= 4 is 17.7 Å². The monoisotopic (exact) mass is 454 g/mol. The van der Waals surface area contributed by atoms with Crippen LogP contribution in [-0.2, 0) is 11.3 Å². The van der Waals surface area contributed by atoms with Gasteiger partial charge >= 0.3 is 0 Å². The van der Waals surface area contributed by atoms with Crippen LogP contribution in [0.4, 0.5) is 0 Å². The number of amides is 3. The highest BCUT2D eigenvalue weighted by Crippen LogP contribution is 2.27. The smallest absolute Gasteiger partial charge is 0.261 e. The third-order valence-electron chi connectivity index (χ3n) is 6.46. The zero-order valence-electron chi connectivity index (χ0n) is 19.1. The SMILES string of the molecule is CN(Cc1ccc(-c2ccccc2)cc1)C(=O)c1ccc2c(c1)C(=O)N(CC1CCCO1)C2=O. The van der Waals surface area contributed by atoms with Crippen molar-refractivity contribution in [2.24, 2.45) is 0 Å². The molecule has 3 aromatic rings. The highest BCUT2D eigenvalue weighted by molar-refractivity contribution is 6.22. The van der Waals surface area contributed by atoms with E-state index >= 15 is 0 Å². The number of carbonyl (C=O) groups excluding carboxylic acids is 3. The van der Waals surface area contributed by atoms with E-state index in [4.69, 9.17) is 4.74 Å². The van der Waals surface area contributed by atoms with Crippen LogP contribution in [-0.4, -0.2) is 53.8 Å². The van der Waals surface area contributed by atoms with Gasteiger partial charge in [-0.2, -0.15) is 0 Å². The van der Waals surface area contributed by atoms with Gasteiger partial charge in [0.1, 0.15) is 0 Å². The molecule has 6 nitrogen and oxygen atoms in total. The number of hydrogen-bond donors (Lipinski definition) is 0. The summed E-state index contributed by atoms with van der Waals surface area (Å²) < 4.78 is 5.59. The van der Waals surface area contributed by atoms with Gasteiger partial charge in [-0.3, -0.25) is 19.3 Å². The molecule has 0 spiro atoms. The second-order valence-electron chi connectivity index (χ2n) is 8.84. The first-order chi connectivity index (χ1) is 16.5. The summed E-state index contributed by atoms with van der Waals surface area (Å²) in [7, 11) is 1.73. The Kier molecular flexibility index (Phi) is 5.99. The van der Waals surface area contributed by atoms with Crippen molar-refractivity contribution in [3.05, 3.63) is 95.1 Å². The van der Waals surface area contributed by atoms with E-state index in [0.717, 1.165) is 29.5 Å². The molecule has 1 atom stereocenters. The van der Waals surface area contributed by atoms with Gasteiger partial charge in [-0.15, -0.1) is 0 Å². The van der Waals surface area contributed by atoms with Crippen LogP contribution in [0.2, 0.25) is 0 Å². The number of fused-ring (bicyclic) bond motifs is 1. The Morgan fingerprint density at radius 3 is 2.35 bits per heavy atom. The maximum atomic E-state index is 13.1. The predicted molar refractivity (Wildman–Crippen MR) is 128 cm³/mol. The Bertz CT molecular complexity index is 1230. The maximum absolute atomic E-state index is 13.1. The van der Waals surface area contributed by atoms with Crippen LogP contribution in [0.1, 0.15) is 49.5 Å². The Labute approximate surface area is 198 Å². The Morgan fingerprint density at radius 1 is 0.941 bits per heavy atom. The second kappa shape index (κ2) is 9.23. The van der Waals surface area contributed by atoms with Crippen molar-refractivity contribution < 1.29 is 19.1 Å². The van der Waals surface area contributed by atoms with Gasteiger partial charge in [0.2, 0.25) is 0 Å². The summed E-state index contributed by atoms with van der Waals surface area (Å²) in [6.45, 7) is 1.35. The van der Waals surface area contributed by atoms with Crippen molar-refractivity contribution in [3.8, 4) is 11.1 Å². The van der Waals surface area contributed by atoms with Crippen LogP contribution in [0.5, 0.6) is 0 Å². The molecule has 0 aliphatic carbocycles. The fourth-order valence-electron chi connectivity index (χ4n) is 4.58. The molecule has 0 radical (unpaired) electrons. The van der Waals surface area contributed by atoms with Crippen LogP contribution >= 0.6 is 0 Å². The number of rotatable bonds is 6. The fourth-order valence-corrected chi connectivity index (χ4v) is 4.58. The molecule has 1 saturated heterocycles. The van der Waals surface area contributed by atoms with Crippen molar-refractivity contribution in [2.75, 3.05) is 20.2 Å². The van der Waals surface area contributed by atoms with Gasteiger partial charge in [0.05, 0.1) is 23.8 Å². The van der Waals surface area contributed by atoms with Gasteiger partial charge in [0.15, 0.2) is 0 Å². The highest BCUT2D eigenvalue weighted by Gasteiger charge is 2.38. The van der Waals surface area contributed by atoms with E-state index in [0.29, 0.717) is 24.3 Å². The number of hydrogen-bond acceptors (Lipinski definition) is 4. The van der Waals surface area contributed by atoms with E-state index in [2.05, 4.69) is 12.1 Å². The van der Waals surface area contributed by atoms with Crippen molar-refractivity contribution in [1.29, 1.82) is 0 Å². The molecule has 3 amide bonds. The molecule has 0 N–H and O–H groups in total. The highest BCUT2D eigenvalue weighted by atomic mass is 16.5. The molecule has 1 unspecified atom stereocenters. The molecule has 6 heteroatoms. The summed E-state index contributed by atoms with van der Waals surface area (Å²) in [6, 6.07) is 23.0. The standard InChI is InChI=1S/C28H26N2O4/c1-29(17-19-9-11-21(12-10-19)20-6-3-2-4-7-20)26(31)22-13-14-24-25(16-22)28(33)30(27(24)32)18-23-8-5-15-34-23/h2-4,6-7,9-14,16,23H,5,8,15,17-18H2,1H3. The van der Waals surface area contributed by atoms with E-state index < -0.39 is 0 Å². The number of imide groups is 1. The van der Waals surface area contributed by atoms with Gasteiger partial charge in [-0.1, -0.05) is 54.6 Å². The maximum Gasteiger partial charge on any atom is 0.261 e. The largest absolute Gasteiger partial charge is 0.376 e. The quantitative estimate of drug-likeness (QED) is 0.518. The van der Waals surface area contributed by atoms with E-state index in [-0.39, 0.29) is 35.9 Å². The first kappa shape index (κ1) is 22.0. The number of nitrogens with zero attached hydrogens (tertiary/aromatic N) is 2. The van der Waals surface area contributed by atoms with E-state index in [1.54, 1.807) is 30.1 Å². The molecule has 34 heavy (non-hydrogen) atoms. The van der Waals surface area contributed by atoms with Gasteiger partial charge in [-0.25, -0.2) is 0 Å². The van der Waals surface area contributed by atoms with Crippen LogP contribution in [0.15, 0.2) is 72.8 Å². The lowest BCUT2D eigenvalue weighted by atomic mass is 10.0. The molecule has 0 saturated carbocycles. The number of benzene rings is 3. The second-order valence-corrected chi connectivity index (χ2v) is 8.84. The first-order valence-corrected chi connectivity index (χ1v) is 11.5. The van der Waals surface area contributed by atoms with Crippen molar-refractivity contribution in [2.45, 2.75) is 25.5 Å². The molecule has 2 heterocycles. The Balaban J connectivity index is 1.28. The Hall–Kier alpha value is -3.77. The van der Waals surface area contributed by atoms with Crippen LogP contribution < -0.4 is 0 Å². The molecule has 5 rings (SSSR count). The predicted octanol–water partition coefficient (Wildman–Crippen LogP) is 4.40. The van der Waals surface area contributed by atoms with Crippen molar-refractivity contribution in [1.82, 2.24) is 9.80 Å². The average Bonchev–Trinajstić information content (AvgIpc) is 3.47. The lowest BCUT2D eigenvalue weighted by Gasteiger charge is -2.18. The molecular weight excluding hydrogens is 428 g/mol. The molecule has 1 fully saturated rings. The molecule has 3 aromatic carbocycles. The van der Waals surface area contributed by atoms with Gasteiger partial charge in [0.25, 0.3) is 17.7 Å². The van der Waals surface area contributed by atoms with Gasteiger partial charge < -0.3 is 9.64 Å². The topological polar surface area (TPSA) is 66.9 Å². The summed E-state index contributed by atoms with van der Waals surface area (Å²) in [4.78, 5) is 41.6. The molecule has 2 aliphatic heterocycles. The fraction of sp³-hybridized carbons (Fsp3) is 0.250.